The fourth-order valence-electron chi connectivity index (χ4n) is 3.04. The Balaban J connectivity index is 0.00000132. The molecule has 0 aliphatic heterocycles. The first-order valence-corrected chi connectivity index (χ1v) is 9.94. The average Bonchev–Trinajstić information content (AvgIpc) is 3.47. The minimum atomic E-state index is -1.21. The van der Waals surface area contributed by atoms with Crippen molar-refractivity contribution in [1.82, 2.24) is 19.9 Å². The minimum Gasteiger partial charge on any atom is -0.505 e. The van der Waals surface area contributed by atoms with Crippen molar-refractivity contribution in [2.24, 2.45) is 10.7 Å². The summed E-state index contributed by atoms with van der Waals surface area (Å²) in [4.78, 5) is 31.8. The first kappa shape index (κ1) is 21.8. The van der Waals surface area contributed by atoms with Gasteiger partial charge in [-0.3, -0.25) is 14.6 Å². The first-order chi connectivity index (χ1) is 15.0. The molecule has 1 fully saturated rings. The van der Waals surface area contributed by atoms with Gasteiger partial charge in [-0.15, -0.1) is 0 Å². The number of benzene rings is 1. The van der Waals surface area contributed by atoms with Crippen LogP contribution in [0.1, 0.15) is 42.7 Å². The van der Waals surface area contributed by atoms with Crippen LogP contribution in [0.15, 0.2) is 35.6 Å². The molecule has 5 N–H and O–H groups in total. The number of nitrogens with zero attached hydrogens (tertiary/aromatic N) is 4. The lowest BCUT2D eigenvalue weighted by molar-refractivity contribution is -0.135. The van der Waals surface area contributed by atoms with Crippen molar-refractivity contribution in [3.8, 4) is 5.75 Å². The molecule has 2 aromatic heterocycles. The van der Waals surface area contributed by atoms with Crippen LogP contribution in [0.5, 0.6) is 5.75 Å². The Morgan fingerprint density at radius 3 is 2.77 bits per heavy atom. The van der Waals surface area contributed by atoms with Crippen molar-refractivity contribution < 1.29 is 19.8 Å². The zero-order valence-corrected chi connectivity index (χ0v) is 17.2. The van der Waals surface area contributed by atoms with E-state index >= 15 is 0 Å². The molecule has 0 atom stereocenters. The van der Waals surface area contributed by atoms with Gasteiger partial charge in [0, 0.05) is 28.2 Å². The Hall–Kier alpha value is -3.95. The minimum absolute atomic E-state index is 0.207. The number of aliphatic carboxylic acids is 1. The van der Waals surface area contributed by atoms with E-state index in [0.29, 0.717) is 33.7 Å². The molecule has 1 aliphatic carbocycles. The van der Waals surface area contributed by atoms with Gasteiger partial charge in [-0.1, -0.05) is 32.0 Å². The Morgan fingerprint density at radius 2 is 2.10 bits per heavy atom. The quantitative estimate of drug-likeness (QED) is 0.441. The number of rotatable bonds is 6. The van der Waals surface area contributed by atoms with Gasteiger partial charge in [-0.05, 0) is 18.9 Å². The lowest BCUT2D eigenvalue weighted by atomic mass is 10.0. The lowest BCUT2D eigenvalue weighted by Crippen LogP contribution is -2.31. The number of amides is 1. The third-order valence-corrected chi connectivity index (χ3v) is 4.55. The maximum absolute atomic E-state index is 12.5. The van der Waals surface area contributed by atoms with Crippen LogP contribution in [-0.4, -0.2) is 55.5 Å². The summed E-state index contributed by atoms with van der Waals surface area (Å²) in [6.07, 6.45) is 6.76. The second kappa shape index (κ2) is 9.24. The number of carbonyl (C=O) groups is 2. The maximum atomic E-state index is 12.5. The maximum Gasteiger partial charge on any atom is 0.322 e. The van der Waals surface area contributed by atoms with Crippen molar-refractivity contribution in [3.63, 3.8) is 0 Å². The lowest BCUT2D eigenvalue weighted by Gasteiger charge is -2.13. The van der Waals surface area contributed by atoms with Gasteiger partial charge in [-0.25, -0.2) is 9.50 Å². The molecule has 2 heterocycles. The van der Waals surface area contributed by atoms with Gasteiger partial charge >= 0.3 is 5.97 Å². The topological polar surface area (TPSA) is 155 Å². The monoisotopic (exact) mass is 424 g/mol. The number of aromatic hydroxyl groups is 1. The number of aromatic nitrogens is 3. The van der Waals surface area contributed by atoms with E-state index in [9.17, 15) is 14.7 Å². The number of pyridine rings is 1. The van der Waals surface area contributed by atoms with E-state index < -0.39 is 18.4 Å². The highest BCUT2D eigenvalue weighted by Crippen LogP contribution is 2.35. The van der Waals surface area contributed by atoms with Gasteiger partial charge in [0.25, 0.3) is 5.91 Å². The average molecular weight is 424 g/mol. The summed E-state index contributed by atoms with van der Waals surface area (Å²) in [6.45, 7) is 3.41. The third kappa shape index (κ3) is 4.47. The third-order valence-electron chi connectivity index (χ3n) is 4.55. The summed E-state index contributed by atoms with van der Waals surface area (Å²) >= 11 is 0. The van der Waals surface area contributed by atoms with Crippen molar-refractivity contribution >= 4 is 40.2 Å². The molecule has 0 radical (unpaired) electrons. The molecule has 4 rings (SSSR count). The number of hydrogen-bond donors (Lipinski definition) is 4. The van der Waals surface area contributed by atoms with E-state index in [4.69, 9.17) is 10.8 Å². The molecule has 0 saturated heterocycles. The van der Waals surface area contributed by atoms with E-state index in [0.717, 1.165) is 12.8 Å². The normalized spacial score (nSPS) is 13.9. The van der Waals surface area contributed by atoms with Gasteiger partial charge in [0.2, 0.25) is 0 Å². The van der Waals surface area contributed by atoms with Gasteiger partial charge < -0.3 is 21.3 Å². The molecular formula is C21H24N6O4. The van der Waals surface area contributed by atoms with Crippen LogP contribution >= 0.6 is 0 Å². The first-order valence-electron chi connectivity index (χ1n) is 9.94. The second-order valence-corrected chi connectivity index (χ2v) is 6.65. The zero-order chi connectivity index (χ0) is 22.5. The van der Waals surface area contributed by atoms with Crippen molar-refractivity contribution in [3.05, 3.63) is 41.9 Å². The summed E-state index contributed by atoms with van der Waals surface area (Å²) in [5.41, 5.74) is 7.38. The molecule has 1 saturated carbocycles. The Morgan fingerprint density at radius 1 is 1.35 bits per heavy atom. The van der Waals surface area contributed by atoms with Gasteiger partial charge in [0.1, 0.15) is 12.9 Å². The van der Waals surface area contributed by atoms with Gasteiger partial charge in [0.15, 0.2) is 17.1 Å². The van der Waals surface area contributed by atoms with Crippen LogP contribution in [0.2, 0.25) is 0 Å². The number of nitrogens with one attached hydrogen (secondary N) is 1. The number of carbonyl (C=O) groups excluding carboxylic acids is 1. The molecule has 1 aliphatic rings. The Kier molecular flexibility index (Phi) is 6.49. The van der Waals surface area contributed by atoms with E-state index in [1.54, 1.807) is 30.5 Å². The number of nitrogens with two attached hydrogens (primary N) is 1. The Labute approximate surface area is 178 Å². The predicted molar refractivity (Wildman–Crippen MR) is 117 cm³/mol. The molecule has 10 heteroatoms. The van der Waals surface area contributed by atoms with Crippen molar-refractivity contribution in [2.45, 2.75) is 32.7 Å². The van der Waals surface area contributed by atoms with Crippen LogP contribution in [-0.2, 0) is 4.79 Å². The van der Waals surface area contributed by atoms with Crippen LogP contribution in [0, 0.1) is 0 Å². The van der Waals surface area contributed by atoms with Crippen LogP contribution in [0.4, 0.5) is 0 Å². The summed E-state index contributed by atoms with van der Waals surface area (Å²) in [5, 5.41) is 26.7. The number of hydrogen-bond acceptors (Lipinski definition) is 7. The molecule has 31 heavy (non-hydrogen) atoms. The zero-order valence-electron chi connectivity index (χ0n) is 17.2. The smallest absolute Gasteiger partial charge is 0.322 e. The van der Waals surface area contributed by atoms with Gasteiger partial charge in [-0.2, -0.15) is 5.10 Å². The number of fused-ring (bicyclic) bond motifs is 3. The molecule has 162 valence electrons. The highest BCUT2D eigenvalue weighted by Gasteiger charge is 2.23. The second-order valence-electron chi connectivity index (χ2n) is 6.65. The number of carboxylic acid groups (broad SMARTS) is 1. The molecular weight excluding hydrogens is 400 g/mol. The number of aliphatic imine (C=N–C) groups is 1. The highest BCUT2D eigenvalue weighted by atomic mass is 16.4. The summed E-state index contributed by atoms with van der Waals surface area (Å²) < 4.78 is 1.17. The molecule has 1 amide bonds. The van der Waals surface area contributed by atoms with E-state index in [-0.39, 0.29) is 11.4 Å². The largest absolute Gasteiger partial charge is 0.505 e. The highest BCUT2D eigenvalue weighted by molar-refractivity contribution is 6.10. The Bertz CT molecular complexity index is 1190. The van der Waals surface area contributed by atoms with E-state index in [1.165, 1.54) is 10.8 Å². The molecule has 1 aromatic carbocycles. The molecule has 0 unspecified atom stereocenters. The fraction of sp³-hybridized carbons (Fsp3) is 0.286. The van der Waals surface area contributed by atoms with Crippen molar-refractivity contribution in [2.75, 3.05) is 6.54 Å². The summed E-state index contributed by atoms with van der Waals surface area (Å²) in [5.74, 6) is -2.34. The summed E-state index contributed by atoms with van der Waals surface area (Å²) in [6, 6.07) is 5.47. The molecule has 3 aromatic rings. The fourth-order valence-corrected chi connectivity index (χ4v) is 3.04. The van der Waals surface area contributed by atoms with Crippen LogP contribution < -0.4 is 11.1 Å². The van der Waals surface area contributed by atoms with Crippen molar-refractivity contribution in [1.29, 1.82) is 0 Å². The number of carboxylic acids is 1. The van der Waals surface area contributed by atoms with Gasteiger partial charge in [0.05, 0.1) is 6.04 Å². The van der Waals surface area contributed by atoms with Crippen LogP contribution in [0.25, 0.3) is 22.1 Å². The standard InChI is InChI=1S/C19H18N6O4.C2H6/c20-13(6-7-21-10-4-5-10)11-2-1-3-12-15(11)18-23-9-24-25(18)16(17(12)28)19(29)22-8-14(26)27;1-2/h1-3,6-7,9-10,28H,4-5,8,20H2,(H,22,29)(H,26,27);1-2H3/b13-6-,21-7?;. The van der Waals surface area contributed by atoms with E-state index in [1.807, 2.05) is 13.8 Å². The van der Waals surface area contributed by atoms with E-state index in [2.05, 4.69) is 20.4 Å². The molecule has 0 bridgehead atoms. The predicted octanol–water partition coefficient (Wildman–Crippen LogP) is 1.96. The summed E-state index contributed by atoms with van der Waals surface area (Å²) in [7, 11) is 0. The van der Waals surface area contributed by atoms with Crippen LogP contribution in [0.3, 0.4) is 0 Å². The SMILES string of the molecule is CC.N/C(=C\C=NC1CC1)c1cccc2c(O)c(C(=O)NCC(=O)O)n3ncnc3c12. The molecule has 10 nitrogen and oxygen atoms in total. The molecule has 0 spiro atoms. The number of allylic oxidation sites excluding steroid dienone is 1.